The number of imidazole rings is 1. The Bertz CT molecular complexity index is 603. The first-order valence-corrected chi connectivity index (χ1v) is 5.96. The molecule has 108 valence electrons. The van der Waals surface area contributed by atoms with Gasteiger partial charge >= 0.3 is 58.4 Å². The van der Waals surface area contributed by atoms with E-state index in [1.54, 1.807) is 24.0 Å². The zero-order chi connectivity index (χ0) is 14.8. The number of rotatable bonds is 5. The first-order chi connectivity index (χ1) is 9.38. The minimum absolute atomic E-state index is 0. The van der Waals surface area contributed by atoms with E-state index in [0.717, 1.165) is 12.1 Å². The van der Waals surface area contributed by atoms with Crippen molar-refractivity contribution in [1.29, 1.82) is 0 Å². The Labute approximate surface area is 162 Å². The summed E-state index contributed by atoms with van der Waals surface area (Å²) < 4.78 is 58.2. The molecule has 0 amide bonds. The van der Waals surface area contributed by atoms with E-state index in [2.05, 4.69) is 4.98 Å². The van der Waals surface area contributed by atoms with Gasteiger partial charge in [0.1, 0.15) is 11.6 Å². The van der Waals surface area contributed by atoms with Gasteiger partial charge in [0.25, 0.3) is 0 Å². The van der Waals surface area contributed by atoms with E-state index < -0.39 is 18.3 Å². The van der Waals surface area contributed by atoms with Gasteiger partial charge in [-0.25, -0.2) is 9.37 Å². The normalized spacial score (nSPS) is 11.1. The molecule has 3 nitrogen and oxygen atoms in total. The molecule has 0 aliphatic rings. The molecular formula is C12H12BF4KN2O. The van der Waals surface area contributed by atoms with Gasteiger partial charge in [0.2, 0.25) is 0 Å². The van der Waals surface area contributed by atoms with E-state index in [4.69, 9.17) is 4.74 Å². The predicted molar refractivity (Wildman–Crippen MR) is 67.5 cm³/mol. The van der Waals surface area contributed by atoms with Crippen molar-refractivity contribution >= 4 is 12.4 Å². The van der Waals surface area contributed by atoms with Gasteiger partial charge in [0, 0.05) is 25.9 Å². The van der Waals surface area contributed by atoms with Gasteiger partial charge in [0.05, 0.1) is 12.4 Å². The Morgan fingerprint density at radius 1 is 1.29 bits per heavy atom. The smallest absolute Gasteiger partial charge is 0.496 e. The van der Waals surface area contributed by atoms with Crippen molar-refractivity contribution in [2.45, 2.75) is 6.42 Å². The number of aromatic nitrogens is 2. The zero-order valence-corrected chi connectivity index (χ0v) is 14.8. The van der Waals surface area contributed by atoms with Crippen molar-refractivity contribution in [3.63, 3.8) is 0 Å². The molecule has 0 unspecified atom stereocenters. The fourth-order valence-corrected chi connectivity index (χ4v) is 1.80. The van der Waals surface area contributed by atoms with Crippen LogP contribution in [0.5, 0.6) is 5.75 Å². The van der Waals surface area contributed by atoms with E-state index in [-0.39, 0.29) is 63.7 Å². The Morgan fingerprint density at radius 3 is 2.57 bits per heavy atom. The van der Waals surface area contributed by atoms with Crippen LogP contribution in [0.3, 0.4) is 0 Å². The summed E-state index contributed by atoms with van der Waals surface area (Å²) in [7, 11) is 1.78. The number of ether oxygens (including phenoxy) is 1. The van der Waals surface area contributed by atoms with Crippen LogP contribution in [0, 0.1) is 5.82 Å². The van der Waals surface area contributed by atoms with E-state index >= 15 is 0 Å². The van der Waals surface area contributed by atoms with Gasteiger partial charge in [-0.3, -0.25) is 0 Å². The number of benzene rings is 1. The molecule has 0 radical (unpaired) electrons. The molecule has 0 saturated heterocycles. The topological polar surface area (TPSA) is 27.1 Å². The van der Waals surface area contributed by atoms with E-state index in [1.165, 1.54) is 0 Å². The van der Waals surface area contributed by atoms with Crippen LogP contribution in [0.1, 0.15) is 5.82 Å². The van der Waals surface area contributed by atoms with E-state index in [0.29, 0.717) is 18.3 Å². The summed E-state index contributed by atoms with van der Waals surface area (Å²) in [5.41, 5.74) is -1.05. The quantitative estimate of drug-likeness (QED) is 0.534. The van der Waals surface area contributed by atoms with Gasteiger partial charge < -0.3 is 22.3 Å². The van der Waals surface area contributed by atoms with Crippen molar-refractivity contribution in [1.82, 2.24) is 9.55 Å². The average Bonchev–Trinajstić information content (AvgIpc) is 2.76. The molecule has 9 heteroatoms. The van der Waals surface area contributed by atoms with Crippen LogP contribution in [-0.4, -0.2) is 23.1 Å². The monoisotopic (exact) mass is 326 g/mol. The summed E-state index contributed by atoms with van der Waals surface area (Å²) in [5.74, 6) is -0.588. The first-order valence-electron chi connectivity index (χ1n) is 5.96. The van der Waals surface area contributed by atoms with Gasteiger partial charge in [0.15, 0.2) is 0 Å². The van der Waals surface area contributed by atoms with Crippen LogP contribution >= 0.6 is 0 Å². The Morgan fingerprint density at radius 2 is 2.00 bits per heavy atom. The summed E-state index contributed by atoms with van der Waals surface area (Å²) in [6.07, 6.45) is 3.69. The number of hydrogen-bond donors (Lipinski definition) is 0. The molecule has 21 heavy (non-hydrogen) atoms. The summed E-state index contributed by atoms with van der Waals surface area (Å²) in [5, 5.41) is 0. The number of nitrogens with zero attached hydrogens (tertiary/aromatic N) is 2. The maximum Gasteiger partial charge on any atom is 1.00 e. The van der Waals surface area contributed by atoms with Crippen LogP contribution in [0.2, 0.25) is 0 Å². The van der Waals surface area contributed by atoms with Crippen molar-refractivity contribution in [2.75, 3.05) is 6.61 Å². The average molecular weight is 326 g/mol. The molecular weight excluding hydrogens is 314 g/mol. The Balaban J connectivity index is 0.00000220. The van der Waals surface area contributed by atoms with Crippen LogP contribution in [0.4, 0.5) is 17.3 Å². The largest absolute Gasteiger partial charge is 1.00 e. The van der Waals surface area contributed by atoms with Crippen LogP contribution in [0.15, 0.2) is 30.6 Å². The fraction of sp³-hybridized carbons (Fsp3) is 0.250. The van der Waals surface area contributed by atoms with Gasteiger partial charge in [-0.1, -0.05) is 5.46 Å². The molecule has 0 N–H and O–H groups in total. The predicted octanol–water partition coefficient (Wildman–Crippen LogP) is -0.761. The summed E-state index contributed by atoms with van der Waals surface area (Å²) in [4.78, 5) is 4.04. The molecule has 0 aliphatic heterocycles. The van der Waals surface area contributed by atoms with Gasteiger partial charge in [-0.15, -0.1) is 0 Å². The Hall–Kier alpha value is -0.349. The number of hydrogen-bond acceptors (Lipinski definition) is 2. The third-order valence-corrected chi connectivity index (χ3v) is 2.83. The molecule has 1 aromatic carbocycles. The number of aryl methyl sites for hydroxylation is 1. The van der Waals surface area contributed by atoms with Crippen molar-refractivity contribution in [2.24, 2.45) is 7.05 Å². The number of halogens is 4. The molecule has 2 aromatic rings. The molecule has 0 fully saturated rings. The van der Waals surface area contributed by atoms with Gasteiger partial charge in [-0.2, -0.15) is 0 Å². The summed E-state index contributed by atoms with van der Waals surface area (Å²) in [6.45, 7) is -5.28. The minimum Gasteiger partial charge on any atom is -0.496 e. The van der Waals surface area contributed by atoms with Crippen LogP contribution in [-0.2, 0) is 13.5 Å². The third kappa shape index (κ3) is 5.10. The molecule has 0 aliphatic carbocycles. The molecule has 0 atom stereocenters. The van der Waals surface area contributed by atoms with E-state index in [9.17, 15) is 17.3 Å². The second-order valence-electron chi connectivity index (χ2n) is 4.31. The van der Waals surface area contributed by atoms with E-state index in [1.807, 2.05) is 0 Å². The fourth-order valence-electron chi connectivity index (χ4n) is 1.80. The molecule has 0 spiro atoms. The maximum absolute atomic E-state index is 12.9. The second kappa shape index (κ2) is 7.78. The molecule has 0 saturated carbocycles. The SMILES string of the molecule is Cn1ccnc1CCOc1ccc(F)cc1[B-](F)(F)F.[K+]. The first kappa shape index (κ1) is 18.7. The molecule has 1 aromatic heterocycles. The van der Waals surface area contributed by atoms with Gasteiger partial charge in [-0.05, 0) is 18.2 Å². The van der Waals surface area contributed by atoms with Crippen molar-refractivity contribution < 1.29 is 73.5 Å². The Kier molecular flexibility index (Phi) is 6.92. The third-order valence-electron chi connectivity index (χ3n) is 2.83. The maximum atomic E-state index is 12.9. The van der Waals surface area contributed by atoms with Crippen molar-refractivity contribution in [3.05, 3.63) is 42.2 Å². The summed E-state index contributed by atoms with van der Waals surface area (Å²) >= 11 is 0. The minimum atomic E-state index is -5.31. The zero-order valence-electron chi connectivity index (χ0n) is 11.7. The van der Waals surface area contributed by atoms with Crippen molar-refractivity contribution in [3.8, 4) is 5.75 Å². The van der Waals surface area contributed by atoms with Crippen LogP contribution < -0.4 is 61.6 Å². The standard InChI is InChI=1S/C12H12BF4N2O.K/c1-19-6-5-18-12(19)4-7-20-11-3-2-9(14)8-10(11)13(15,16)17;/h2-3,5-6,8H,4,7H2,1H3;/q-1;+1. The molecule has 1 heterocycles. The summed E-state index contributed by atoms with van der Waals surface area (Å²) in [6, 6.07) is 2.40. The molecule has 0 bridgehead atoms. The molecule has 2 rings (SSSR count). The second-order valence-corrected chi connectivity index (χ2v) is 4.31. The van der Waals surface area contributed by atoms with Crippen LogP contribution in [0.25, 0.3) is 0 Å².